The summed E-state index contributed by atoms with van der Waals surface area (Å²) in [7, 11) is 0. The van der Waals surface area contributed by atoms with Crippen LogP contribution in [0.25, 0.3) is 16.6 Å². The normalized spacial score (nSPS) is 15.4. The van der Waals surface area contributed by atoms with Gasteiger partial charge in [0.15, 0.2) is 11.4 Å². The van der Waals surface area contributed by atoms with E-state index in [1.807, 2.05) is 4.90 Å². The maximum absolute atomic E-state index is 13.6. The van der Waals surface area contributed by atoms with Crippen LogP contribution in [0.4, 0.5) is 24.8 Å². The number of fused-ring (bicyclic) bond motifs is 3. The van der Waals surface area contributed by atoms with Crippen LogP contribution in [0.2, 0.25) is 10.2 Å². The van der Waals surface area contributed by atoms with Crippen LogP contribution in [0, 0.1) is 0 Å². The lowest BCUT2D eigenvalue weighted by Gasteiger charge is -2.29. The Morgan fingerprint density at radius 2 is 1.89 bits per heavy atom. The number of carbonyl (C=O) groups is 1. The molecule has 1 saturated heterocycles. The number of hydrogen-bond donors (Lipinski definition) is 2. The molecule has 0 bridgehead atoms. The van der Waals surface area contributed by atoms with Crippen molar-refractivity contribution in [1.82, 2.24) is 19.4 Å². The van der Waals surface area contributed by atoms with Crippen LogP contribution in [0.3, 0.4) is 0 Å². The first-order chi connectivity index (χ1) is 17.5. The zero-order chi connectivity index (χ0) is 26.5. The molecule has 1 aliphatic rings. The summed E-state index contributed by atoms with van der Waals surface area (Å²) in [4.78, 5) is 26.1. The Bertz CT molecular complexity index is 1520. The number of carboxylic acids is 1. The van der Waals surface area contributed by atoms with Gasteiger partial charge in [0, 0.05) is 35.3 Å². The number of hydrogen-bond acceptors (Lipinski definition) is 7. The number of morpholine rings is 1. The fourth-order valence-corrected chi connectivity index (χ4v) is 4.65. The second-order valence-corrected chi connectivity index (χ2v) is 9.24. The van der Waals surface area contributed by atoms with Crippen molar-refractivity contribution < 1.29 is 27.8 Å². The molecule has 1 atom stereocenters. The molecule has 14 heteroatoms. The molecular formula is C23H19Cl2F3N6O3. The van der Waals surface area contributed by atoms with E-state index in [-0.39, 0.29) is 33.2 Å². The Labute approximate surface area is 217 Å². The lowest BCUT2D eigenvalue weighted by Crippen LogP contribution is -2.38. The third kappa shape index (κ3) is 4.83. The van der Waals surface area contributed by atoms with Crippen molar-refractivity contribution in [3.8, 4) is 0 Å². The number of rotatable bonds is 5. The predicted octanol–water partition coefficient (Wildman–Crippen LogP) is 5.31. The highest BCUT2D eigenvalue weighted by atomic mass is 35.5. The first-order valence-corrected chi connectivity index (χ1v) is 11.9. The van der Waals surface area contributed by atoms with Crippen molar-refractivity contribution in [2.45, 2.75) is 19.1 Å². The predicted molar refractivity (Wildman–Crippen MR) is 132 cm³/mol. The highest BCUT2D eigenvalue weighted by Crippen LogP contribution is 2.36. The number of aromatic nitrogens is 4. The Hall–Kier alpha value is -3.35. The fourth-order valence-electron chi connectivity index (χ4n) is 4.27. The molecule has 0 spiro atoms. The standard InChI is InChI=1S/C23H19Cl2F3N6O3/c1-11(29-15-2-3-17(25)31-19(15)21(35)36)13-8-12(24)9-14-18(13)32-22(33-4-6-37-7-5-33)34-10-16(23(26,27)28)30-20(14)34/h2-3,8-11,29H,4-7H2,1H3,(H,35,36)/t11-/m1/s1. The lowest BCUT2D eigenvalue weighted by molar-refractivity contribution is -0.140. The number of nitrogens with zero attached hydrogens (tertiary/aromatic N) is 5. The topological polar surface area (TPSA) is 105 Å². The monoisotopic (exact) mass is 554 g/mol. The minimum Gasteiger partial charge on any atom is -0.476 e. The molecule has 9 nitrogen and oxygen atoms in total. The molecule has 0 radical (unpaired) electrons. The van der Waals surface area contributed by atoms with Crippen molar-refractivity contribution in [2.24, 2.45) is 0 Å². The van der Waals surface area contributed by atoms with Crippen molar-refractivity contribution in [1.29, 1.82) is 0 Å². The van der Waals surface area contributed by atoms with Gasteiger partial charge in [-0.05, 0) is 31.2 Å². The van der Waals surface area contributed by atoms with Crippen LogP contribution in [0.5, 0.6) is 0 Å². The van der Waals surface area contributed by atoms with E-state index in [0.717, 1.165) is 6.20 Å². The number of aromatic carboxylic acids is 1. The molecule has 4 heterocycles. The quantitative estimate of drug-likeness (QED) is 0.320. The second kappa shape index (κ2) is 9.51. The van der Waals surface area contributed by atoms with E-state index in [4.69, 9.17) is 32.9 Å². The molecule has 0 saturated carbocycles. The number of nitrogens with one attached hydrogen (secondary N) is 1. The van der Waals surface area contributed by atoms with Crippen LogP contribution in [0.15, 0.2) is 30.5 Å². The summed E-state index contributed by atoms with van der Waals surface area (Å²) in [6.07, 6.45) is -3.74. The van der Waals surface area contributed by atoms with Crippen molar-refractivity contribution in [3.05, 3.63) is 57.6 Å². The molecule has 0 amide bonds. The minimum absolute atomic E-state index is 0.0165. The highest BCUT2D eigenvalue weighted by Gasteiger charge is 2.35. The summed E-state index contributed by atoms with van der Waals surface area (Å²) in [6.45, 7) is 3.41. The van der Waals surface area contributed by atoms with E-state index in [0.29, 0.717) is 42.8 Å². The van der Waals surface area contributed by atoms with Gasteiger partial charge in [-0.15, -0.1) is 0 Å². The van der Waals surface area contributed by atoms with Gasteiger partial charge in [0.2, 0.25) is 5.95 Å². The summed E-state index contributed by atoms with van der Waals surface area (Å²) in [5.74, 6) is -0.997. The van der Waals surface area contributed by atoms with Crippen LogP contribution >= 0.6 is 23.2 Å². The van der Waals surface area contributed by atoms with Gasteiger partial charge in [-0.25, -0.2) is 19.7 Å². The van der Waals surface area contributed by atoms with E-state index in [1.54, 1.807) is 13.0 Å². The summed E-state index contributed by atoms with van der Waals surface area (Å²) in [6, 6.07) is 5.49. The molecule has 1 aromatic carbocycles. The Kier molecular flexibility index (Phi) is 6.50. The van der Waals surface area contributed by atoms with Crippen molar-refractivity contribution in [2.75, 3.05) is 36.5 Å². The SMILES string of the molecule is C[C@@H](Nc1ccc(Cl)nc1C(=O)O)c1cc(Cl)cc2c1nc(N1CCOCC1)n1cc(C(F)(F)F)nc21. The van der Waals surface area contributed by atoms with E-state index < -0.39 is 23.9 Å². The van der Waals surface area contributed by atoms with E-state index in [2.05, 4.69) is 15.3 Å². The van der Waals surface area contributed by atoms with Crippen LogP contribution in [-0.2, 0) is 10.9 Å². The van der Waals surface area contributed by atoms with Gasteiger partial charge in [-0.2, -0.15) is 13.2 Å². The van der Waals surface area contributed by atoms with Gasteiger partial charge >= 0.3 is 12.1 Å². The molecule has 2 N–H and O–H groups in total. The zero-order valence-electron chi connectivity index (χ0n) is 19.2. The average molecular weight is 555 g/mol. The van der Waals surface area contributed by atoms with E-state index in [9.17, 15) is 23.1 Å². The summed E-state index contributed by atoms with van der Waals surface area (Å²) < 4.78 is 47.6. The van der Waals surface area contributed by atoms with Crippen LogP contribution < -0.4 is 10.2 Å². The third-order valence-corrected chi connectivity index (χ3v) is 6.39. The Morgan fingerprint density at radius 1 is 1.16 bits per heavy atom. The van der Waals surface area contributed by atoms with Gasteiger partial charge in [0.05, 0.1) is 30.5 Å². The fraction of sp³-hybridized carbons (Fsp3) is 0.304. The number of benzene rings is 1. The second-order valence-electron chi connectivity index (χ2n) is 8.42. The maximum atomic E-state index is 13.6. The summed E-state index contributed by atoms with van der Waals surface area (Å²) >= 11 is 12.3. The number of anilines is 2. The number of alkyl halides is 3. The molecule has 1 fully saturated rings. The van der Waals surface area contributed by atoms with Gasteiger partial charge < -0.3 is 20.1 Å². The lowest BCUT2D eigenvalue weighted by atomic mass is 10.0. The molecule has 4 aromatic rings. The van der Waals surface area contributed by atoms with Gasteiger partial charge in [0.1, 0.15) is 10.8 Å². The van der Waals surface area contributed by atoms with E-state index >= 15 is 0 Å². The van der Waals surface area contributed by atoms with Gasteiger partial charge in [0.25, 0.3) is 0 Å². The molecular weight excluding hydrogens is 536 g/mol. The first-order valence-electron chi connectivity index (χ1n) is 11.1. The molecule has 3 aromatic heterocycles. The molecule has 1 aliphatic heterocycles. The largest absolute Gasteiger partial charge is 0.476 e. The third-order valence-electron chi connectivity index (χ3n) is 5.96. The first kappa shape index (κ1) is 25.3. The Balaban J connectivity index is 1.71. The van der Waals surface area contributed by atoms with Crippen molar-refractivity contribution >= 4 is 57.4 Å². The zero-order valence-corrected chi connectivity index (χ0v) is 20.7. The number of carboxylic acid groups (broad SMARTS) is 1. The molecule has 0 unspecified atom stereocenters. The van der Waals surface area contributed by atoms with Crippen LogP contribution in [-0.4, -0.2) is 56.7 Å². The summed E-state index contributed by atoms with van der Waals surface area (Å²) in [5, 5.41) is 13.2. The highest BCUT2D eigenvalue weighted by molar-refractivity contribution is 6.31. The smallest absolute Gasteiger partial charge is 0.434 e. The Morgan fingerprint density at radius 3 is 2.57 bits per heavy atom. The van der Waals surface area contributed by atoms with E-state index in [1.165, 1.54) is 22.6 Å². The number of pyridine rings is 1. The number of halogens is 5. The van der Waals surface area contributed by atoms with Crippen LogP contribution in [0.1, 0.15) is 34.7 Å². The molecule has 0 aliphatic carbocycles. The van der Waals surface area contributed by atoms with Crippen molar-refractivity contribution in [3.63, 3.8) is 0 Å². The summed E-state index contributed by atoms with van der Waals surface area (Å²) in [5.41, 5.74) is -0.180. The molecule has 5 rings (SSSR count). The van der Waals surface area contributed by atoms with Gasteiger partial charge in [-0.1, -0.05) is 23.2 Å². The van der Waals surface area contributed by atoms with Gasteiger partial charge in [-0.3, -0.25) is 4.40 Å². The minimum atomic E-state index is -4.66. The molecule has 37 heavy (non-hydrogen) atoms. The molecule has 194 valence electrons. The maximum Gasteiger partial charge on any atom is 0.434 e. The number of ether oxygens (including phenoxy) is 1. The average Bonchev–Trinajstić information content (AvgIpc) is 3.31. The number of imidazole rings is 1.